The van der Waals surface area contributed by atoms with Gasteiger partial charge in [0.15, 0.2) is 18.1 Å². The fourth-order valence-electron chi connectivity index (χ4n) is 2.57. The van der Waals surface area contributed by atoms with Crippen molar-refractivity contribution in [1.82, 2.24) is 10.4 Å². The molecule has 0 unspecified atom stereocenters. The van der Waals surface area contributed by atoms with E-state index in [9.17, 15) is 10.1 Å². The molecule has 0 aliphatic carbocycles. The molecule has 0 bridgehead atoms. The molecule has 1 amide bonds. The number of hydrogen-bond donors (Lipinski definition) is 1. The molecule has 1 aromatic carbocycles. The zero-order valence-electron chi connectivity index (χ0n) is 17.3. The van der Waals surface area contributed by atoms with Gasteiger partial charge in [0.25, 0.3) is 5.91 Å². The molecule has 2 aromatic rings. The van der Waals surface area contributed by atoms with Crippen LogP contribution in [0.25, 0.3) is 0 Å². The smallest absolute Gasteiger partial charge is 0.278 e. The minimum absolute atomic E-state index is 0.0591. The van der Waals surface area contributed by atoms with Crippen LogP contribution in [0.5, 0.6) is 17.4 Å². The molecular weight excluding hydrogens is 583 g/mol. The van der Waals surface area contributed by atoms with E-state index in [4.69, 9.17) is 18.9 Å². The number of rotatable bonds is 9. The average Bonchev–Trinajstić information content (AvgIpc) is 2.75. The number of pyridine rings is 1. The van der Waals surface area contributed by atoms with Crippen LogP contribution in [0.4, 0.5) is 0 Å². The minimum atomic E-state index is -0.508. The van der Waals surface area contributed by atoms with Crippen LogP contribution >= 0.6 is 38.5 Å². The van der Waals surface area contributed by atoms with Crippen molar-refractivity contribution < 1.29 is 23.7 Å². The number of hydrazone groups is 1. The van der Waals surface area contributed by atoms with Crippen LogP contribution < -0.4 is 19.6 Å². The maximum Gasteiger partial charge on any atom is 0.278 e. The molecule has 0 atom stereocenters. The Morgan fingerprint density at radius 2 is 2.10 bits per heavy atom. The van der Waals surface area contributed by atoms with Gasteiger partial charge in [-0.15, -0.1) is 0 Å². The number of nitrogens with zero attached hydrogens (tertiary/aromatic N) is 3. The van der Waals surface area contributed by atoms with Gasteiger partial charge in [-0.3, -0.25) is 4.79 Å². The summed E-state index contributed by atoms with van der Waals surface area (Å²) in [6.45, 7) is 1.59. The Labute approximate surface area is 202 Å². The Morgan fingerprint density at radius 3 is 2.71 bits per heavy atom. The summed E-state index contributed by atoms with van der Waals surface area (Å²) in [4.78, 5) is 16.4. The van der Waals surface area contributed by atoms with Gasteiger partial charge in [-0.1, -0.05) is 0 Å². The number of carbonyl (C=O) groups excluding carboxylic acids is 1. The number of aryl methyl sites for hydroxylation is 1. The van der Waals surface area contributed by atoms with Crippen LogP contribution in [0, 0.1) is 21.8 Å². The van der Waals surface area contributed by atoms with Gasteiger partial charge in [0.2, 0.25) is 5.88 Å². The first-order valence-corrected chi connectivity index (χ1v) is 10.7. The van der Waals surface area contributed by atoms with Crippen molar-refractivity contribution >= 4 is 50.6 Å². The number of aromatic nitrogens is 1. The van der Waals surface area contributed by atoms with Gasteiger partial charge in [0.05, 0.1) is 36.3 Å². The van der Waals surface area contributed by atoms with Crippen molar-refractivity contribution in [3.05, 3.63) is 42.6 Å². The van der Waals surface area contributed by atoms with Gasteiger partial charge < -0.3 is 18.9 Å². The minimum Gasteiger partial charge on any atom is -0.493 e. The molecule has 1 aromatic heterocycles. The van der Waals surface area contributed by atoms with Crippen LogP contribution in [0.15, 0.2) is 21.7 Å². The second-order valence-corrected chi connectivity index (χ2v) is 7.99. The molecule has 11 heteroatoms. The Hall–Kier alpha value is -2.43. The Kier molecular flexibility index (Phi) is 9.47. The molecule has 0 radical (unpaired) electrons. The van der Waals surface area contributed by atoms with Gasteiger partial charge in [0, 0.05) is 17.1 Å². The molecule has 1 N–H and O–H groups in total. The number of halogens is 2. The monoisotopic (exact) mass is 602 g/mol. The van der Waals surface area contributed by atoms with E-state index in [2.05, 4.69) is 54.0 Å². The van der Waals surface area contributed by atoms with Gasteiger partial charge in [-0.25, -0.2) is 10.4 Å². The Balaban J connectivity index is 2.07. The largest absolute Gasteiger partial charge is 0.493 e. The van der Waals surface area contributed by atoms with E-state index in [1.165, 1.54) is 13.3 Å². The highest BCUT2D eigenvalue weighted by Gasteiger charge is 2.18. The Morgan fingerprint density at radius 1 is 1.35 bits per heavy atom. The van der Waals surface area contributed by atoms with E-state index in [1.54, 1.807) is 27.2 Å². The fourth-order valence-corrected chi connectivity index (χ4v) is 3.82. The lowest BCUT2D eigenvalue weighted by molar-refractivity contribution is -0.123. The standard InChI is InChI=1S/C20H20BrIN4O5/c1-11-18(21)14(9-28-2)13(7-23)20(25-11)31-10-17(27)26-24-8-12-5-15(22)19(30-4)16(6-12)29-3/h5-6,8H,9-10H2,1-4H3,(H,26,27)/b24-8-. The molecule has 0 aliphatic rings. The molecule has 31 heavy (non-hydrogen) atoms. The molecule has 9 nitrogen and oxygen atoms in total. The number of methoxy groups -OCH3 is 3. The number of benzene rings is 1. The van der Waals surface area contributed by atoms with Crippen LogP contribution in [0.3, 0.4) is 0 Å². The van der Waals surface area contributed by atoms with Crippen molar-refractivity contribution in [2.24, 2.45) is 5.10 Å². The number of ether oxygens (including phenoxy) is 4. The van der Waals surface area contributed by atoms with E-state index in [1.807, 2.05) is 12.1 Å². The highest BCUT2D eigenvalue weighted by atomic mass is 127. The van der Waals surface area contributed by atoms with Crippen LogP contribution in [-0.2, 0) is 16.1 Å². The number of nitrogens with one attached hydrogen (secondary N) is 1. The van der Waals surface area contributed by atoms with Gasteiger partial charge >= 0.3 is 0 Å². The van der Waals surface area contributed by atoms with Crippen molar-refractivity contribution in [2.45, 2.75) is 13.5 Å². The fraction of sp³-hybridized carbons (Fsp3) is 0.300. The van der Waals surface area contributed by atoms with E-state index < -0.39 is 5.91 Å². The molecule has 0 saturated heterocycles. The summed E-state index contributed by atoms with van der Waals surface area (Å²) in [6.07, 6.45) is 1.47. The maximum absolute atomic E-state index is 12.1. The molecule has 0 saturated carbocycles. The maximum atomic E-state index is 12.1. The number of carbonyl (C=O) groups is 1. The van der Waals surface area contributed by atoms with Crippen LogP contribution in [-0.4, -0.2) is 45.0 Å². The molecule has 0 aliphatic heterocycles. The summed E-state index contributed by atoms with van der Waals surface area (Å²) in [6, 6.07) is 5.62. The number of hydrogen-bond acceptors (Lipinski definition) is 8. The molecular formula is C20H20BrIN4O5. The van der Waals surface area contributed by atoms with E-state index >= 15 is 0 Å². The van der Waals surface area contributed by atoms with Gasteiger partial charge in [-0.2, -0.15) is 10.4 Å². The third-order valence-corrected chi connectivity index (χ3v) is 5.82. The van der Waals surface area contributed by atoms with Crippen molar-refractivity contribution in [3.63, 3.8) is 0 Å². The zero-order valence-corrected chi connectivity index (χ0v) is 21.0. The second kappa shape index (κ2) is 11.8. The first kappa shape index (κ1) is 24.8. The summed E-state index contributed by atoms with van der Waals surface area (Å²) in [5.41, 5.74) is 4.51. The normalized spacial score (nSPS) is 10.6. The van der Waals surface area contributed by atoms with Crippen molar-refractivity contribution in [1.29, 1.82) is 5.26 Å². The summed E-state index contributed by atoms with van der Waals surface area (Å²) in [5.74, 6) is 0.726. The zero-order chi connectivity index (χ0) is 23.0. The van der Waals surface area contributed by atoms with Crippen molar-refractivity contribution in [2.75, 3.05) is 27.9 Å². The van der Waals surface area contributed by atoms with Crippen LogP contribution in [0.1, 0.15) is 22.4 Å². The summed E-state index contributed by atoms with van der Waals surface area (Å²) < 4.78 is 22.7. The summed E-state index contributed by atoms with van der Waals surface area (Å²) in [5, 5.41) is 13.4. The van der Waals surface area contributed by atoms with E-state index in [0.29, 0.717) is 32.8 Å². The second-order valence-electron chi connectivity index (χ2n) is 6.03. The molecule has 1 heterocycles. The summed E-state index contributed by atoms with van der Waals surface area (Å²) >= 11 is 5.52. The lowest BCUT2D eigenvalue weighted by Crippen LogP contribution is -2.25. The third kappa shape index (κ3) is 6.28. The average molecular weight is 603 g/mol. The first-order chi connectivity index (χ1) is 14.9. The lowest BCUT2D eigenvalue weighted by Gasteiger charge is -2.13. The quantitative estimate of drug-likeness (QED) is 0.266. The van der Waals surface area contributed by atoms with Crippen LogP contribution in [0.2, 0.25) is 0 Å². The lowest BCUT2D eigenvalue weighted by atomic mass is 10.1. The number of nitriles is 1. The van der Waals surface area contributed by atoms with E-state index in [0.717, 1.165) is 3.57 Å². The molecule has 0 spiro atoms. The highest BCUT2D eigenvalue weighted by Crippen LogP contribution is 2.33. The molecule has 0 fully saturated rings. The first-order valence-electron chi connectivity index (χ1n) is 8.80. The summed E-state index contributed by atoms with van der Waals surface area (Å²) in [7, 11) is 4.62. The number of amides is 1. The van der Waals surface area contributed by atoms with Crippen molar-refractivity contribution in [3.8, 4) is 23.4 Å². The third-order valence-electron chi connectivity index (χ3n) is 3.97. The predicted molar refractivity (Wildman–Crippen MR) is 126 cm³/mol. The highest BCUT2D eigenvalue weighted by molar-refractivity contribution is 14.1. The SMILES string of the molecule is COCc1c(Br)c(C)nc(OCC(=O)N/N=C\c2cc(I)c(OC)c(OC)c2)c1C#N. The topological polar surface area (TPSA) is 115 Å². The van der Waals surface area contributed by atoms with Gasteiger partial charge in [0.1, 0.15) is 11.6 Å². The molecule has 164 valence electrons. The molecule has 2 rings (SSSR count). The predicted octanol–water partition coefficient (Wildman–Crippen LogP) is 3.32. The van der Waals surface area contributed by atoms with E-state index in [-0.39, 0.29) is 24.7 Å². The van der Waals surface area contributed by atoms with Gasteiger partial charge in [-0.05, 0) is 63.1 Å². The Bertz CT molecular complexity index is 1040.